The minimum absolute atomic E-state index is 0.0646. The molecule has 1 fully saturated rings. The quantitative estimate of drug-likeness (QED) is 0.612. The molecule has 0 saturated carbocycles. The number of halogens is 2. The molecule has 184 valence electrons. The number of carbonyl (C=O) groups excluding carboxylic acids is 1. The van der Waals surface area contributed by atoms with Gasteiger partial charge in [0.15, 0.2) is 23.1 Å². The Morgan fingerprint density at radius 3 is 2.35 bits per heavy atom. The van der Waals surface area contributed by atoms with Gasteiger partial charge in [0, 0.05) is 38.3 Å². The molecule has 4 rings (SSSR count). The standard InChI is InChI=1S/C23H27F2N3O5S/c1-16(17-3-5-19(24)20(25)13-17)26(2)15-23(29)27-7-9-28(10-8-27)34(30,31)18-4-6-21-22(14-18)33-12-11-32-21/h3-6,13-14,16H,7-12,15H2,1-2H3/t16-/m0/s1. The third-order valence-electron chi connectivity index (χ3n) is 6.21. The highest BCUT2D eigenvalue weighted by Gasteiger charge is 2.31. The van der Waals surface area contributed by atoms with Gasteiger partial charge in [-0.1, -0.05) is 6.07 Å². The van der Waals surface area contributed by atoms with Gasteiger partial charge in [-0.3, -0.25) is 9.69 Å². The maximum Gasteiger partial charge on any atom is 0.243 e. The first-order valence-corrected chi connectivity index (χ1v) is 12.4. The predicted octanol–water partition coefficient (Wildman–Crippen LogP) is 2.26. The Kier molecular flexibility index (Phi) is 7.06. The van der Waals surface area contributed by atoms with Crippen molar-refractivity contribution in [2.24, 2.45) is 0 Å². The number of likely N-dealkylation sites (N-methyl/N-ethyl adjacent to an activating group) is 1. The average Bonchev–Trinajstić information content (AvgIpc) is 2.85. The fourth-order valence-corrected chi connectivity index (χ4v) is 5.43. The second kappa shape index (κ2) is 9.85. The van der Waals surface area contributed by atoms with Crippen LogP contribution in [0.2, 0.25) is 0 Å². The molecule has 1 saturated heterocycles. The first-order valence-electron chi connectivity index (χ1n) is 11.0. The highest BCUT2D eigenvalue weighted by atomic mass is 32.2. The van der Waals surface area contributed by atoms with Gasteiger partial charge in [0.1, 0.15) is 13.2 Å². The van der Waals surface area contributed by atoms with Gasteiger partial charge in [0.25, 0.3) is 0 Å². The Hall–Kier alpha value is -2.76. The lowest BCUT2D eigenvalue weighted by Gasteiger charge is -2.35. The number of amides is 1. The minimum Gasteiger partial charge on any atom is -0.486 e. The zero-order chi connectivity index (χ0) is 24.5. The summed E-state index contributed by atoms with van der Waals surface area (Å²) in [6.45, 7) is 3.51. The summed E-state index contributed by atoms with van der Waals surface area (Å²) in [6.07, 6.45) is 0. The number of nitrogens with zero attached hydrogens (tertiary/aromatic N) is 3. The molecule has 2 aromatic carbocycles. The number of benzene rings is 2. The van der Waals surface area contributed by atoms with Crippen LogP contribution in [0.1, 0.15) is 18.5 Å². The summed E-state index contributed by atoms with van der Waals surface area (Å²) in [4.78, 5) is 16.3. The highest BCUT2D eigenvalue weighted by Crippen LogP contribution is 2.33. The summed E-state index contributed by atoms with van der Waals surface area (Å²) in [5, 5.41) is 0. The zero-order valence-electron chi connectivity index (χ0n) is 19.0. The van der Waals surface area contributed by atoms with E-state index < -0.39 is 21.7 Å². The molecule has 0 bridgehead atoms. The number of carbonyl (C=O) groups is 1. The summed E-state index contributed by atoms with van der Waals surface area (Å²) >= 11 is 0. The van der Waals surface area contributed by atoms with E-state index in [-0.39, 0.29) is 49.6 Å². The second-order valence-corrected chi connectivity index (χ2v) is 10.3. The van der Waals surface area contributed by atoms with Crippen LogP contribution < -0.4 is 9.47 Å². The molecule has 0 unspecified atom stereocenters. The summed E-state index contributed by atoms with van der Waals surface area (Å²) in [5.74, 6) is -1.09. The van der Waals surface area contributed by atoms with Crippen molar-refractivity contribution in [2.75, 3.05) is 53.0 Å². The minimum atomic E-state index is -3.74. The third kappa shape index (κ3) is 5.01. The monoisotopic (exact) mass is 495 g/mol. The van der Waals surface area contributed by atoms with Gasteiger partial charge in [-0.15, -0.1) is 0 Å². The number of fused-ring (bicyclic) bond motifs is 1. The first kappa shape index (κ1) is 24.4. The van der Waals surface area contributed by atoms with Gasteiger partial charge in [-0.05, 0) is 43.8 Å². The fraction of sp³-hybridized carbons (Fsp3) is 0.435. The van der Waals surface area contributed by atoms with Crippen LogP contribution in [0.25, 0.3) is 0 Å². The maximum absolute atomic E-state index is 13.6. The smallest absolute Gasteiger partial charge is 0.243 e. The van der Waals surface area contributed by atoms with Crippen LogP contribution in [0.5, 0.6) is 11.5 Å². The first-order chi connectivity index (χ1) is 16.2. The molecule has 0 spiro atoms. The van der Waals surface area contributed by atoms with Crippen LogP contribution in [-0.2, 0) is 14.8 Å². The number of piperazine rings is 1. The molecule has 0 radical (unpaired) electrons. The third-order valence-corrected chi connectivity index (χ3v) is 8.11. The topological polar surface area (TPSA) is 79.4 Å². The Bertz CT molecular complexity index is 1170. The van der Waals surface area contributed by atoms with Crippen LogP contribution in [0.4, 0.5) is 8.78 Å². The van der Waals surface area contributed by atoms with Crippen molar-refractivity contribution in [1.82, 2.24) is 14.1 Å². The van der Waals surface area contributed by atoms with E-state index >= 15 is 0 Å². The molecule has 1 atom stereocenters. The maximum atomic E-state index is 13.6. The number of rotatable bonds is 6. The van der Waals surface area contributed by atoms with E-state index in [9.17, 15) is 22.0 Å². The molecule has 11 heteroatoms. The van der Waals surface area contributed by atoms with Gasteiger partial charge in [0.05, 0.1) is 11.4 Å². The van der Waals surface area contributed by atoms with Gasteiger partial charge in [-0.2, -0.15) is 4.31 Å². The van der Waals surface area contributed by atoms with Crippen LogP contribution in [0.15, 0.2) is 41.3 Å². The van der Waals surface area contributed by atoms with E-state index in [2.05, 4.69) is 0 Å². The average molecular weight is 496 g/mol. The van der Waals surface area contributed by atoms with E-state index in [1.165, 1.54) is 22.5 Å². The Morgan fingerprint density at radius 2 is 1.68 bits per heavy atom. The van der Waals surface area contributed by atoms with Crippen molar-refractivity contribution >= 4 is 15.9 Å². The van der Waals surface area contributed by atoms with Crippen molar-refractivity contribution in [3.05, 3.63) is 53.6 Å². The van der Waals surface area contributed by atoms with Crippen molar-refractivity contribution < 1.29 is 31.5 Å². The van der Waals surface area contributed by atoms with E-state index in [4.69, 9.17) is 9.47 Å². The van der Waals surface area contributed by atoms with Gasteiger partial charge >= 0.3 is 0 Å². The molecule has 2 aromatic rings. The molecule has 2 heterocycles. The largest absolute Gasteiger partial charge is 0.486 e. The molecule has 8 nitrogen and oxygen atoms in total. The Labute approximate surface area is 197 Å². The molecule has 34 heavy (non-hydrogen) atoms. The Balaban J connectivity index is 1.34. The number of hydrogen-bond acceptors (Lipinski definition) is 6. The van der Waals surface area contributed by atoms with Crippen molar-refractivity contribution in [3.8, 4) is 11.5 Å². The lowest BCUT2D eigenvalue weighted by atomic mass is 10.1. The normalized spacial score (nSPS) is 17.6. The second-order valence-electron chi connectivity index (χ2n) is 8.35. The molecule has 0 N–H and O–H groups in total. The van der Waals surface area contributed by atoms with Gasteiger partial charge in [0.2, 0.25) is 15.9 Å². The van der Waals surface area contributed by atoms with E-state index in [1.807, 2.05) is 0 Å². The summed E-state index contributed by atoms with van der Waals surface area (Å²) < 4.78 is 65.2. The highest BCUT2D eigenvalue weighted by molar-refractivity contribution is 7.89. The number of ether oxygens (including phenoxy) is 2. The van der Waals surface area contributed by atoms with E-state index in [1.54, 1.807) is 29.8 Å². The van der Waals surface area contributed by atoms with Crippen LogP contribution in [0, 0.1) is 11.6 Å². The molecular formula is C23H27F2N3O5S. The van der Waals surface area contributed by atoms with Crippen molar-refractivity contribution in [2.45, 2.75) is 17.9 Å². The van der Waals surface area contributed by atoms with Crippen LogP contribution >= 0.6 is 0 Å². The van der Waals surface area contributed by atoms with Crippen LogP contribution in [0.3, 0.4) is 0 Å². The molecule has 0 aromatic heterocycles. The van der Waals surface area contributed by atoms with E-state index in [0.717, 1.165) is 12.1 Å². The number of sulfonamides is 1. The van der Waals surface area contributed by atoms with E-state index in [0.29, 0.717) is 30.3 Å². The molecule has 0 aliphatic carbocycles. The van der Waals surface area contributed by atoms with Crippen molar-refractivity contribution in [3.63, 3.8) is 0 Å². The SMILES string of the molecule is C[C@@H](c1ccc(F)c(F)c1)N(C)CC(=O)N1CCN(S(=O)(=O)c2ccc3c(c2)OCCO3)CC1. The van der Waals surface area contributed by atoms with Gasteiger partial charge < -0.3 is 14.4 Å². The fourth-order valence-electron chi connectivity index (χ4n) is 3.99. The van der Waals surface area contributed by atoms with Crippen molar-refractivity contribution in [1.29, 1.82) is 0 Å². The lowest BCUT2D eigenvalue weighted by Crippen LogP contribution is -2.52. The summed E-state index contributed by atoms with van der Waals surface area (Å²) in [6, 6.07) is 7.93. The lowest BCUT2D eigenvalue weighted by molar-refractivity contribution is -0.133. The zero-order valence-corrected chi connectivity index (χ0v) is 19.9. The van der Waals surface area contributed by atoms with Gasteiger partial charge in [-0.25, -0.2) is 17.2 Å². The predicted molar refractivity (Wildman–Crippen MR) is 120 cm³/mol. The molecule has 2 aliphatic rings. The summed E-state index contributed by atoms with van der Waals surface area (Å²) in [5.41, 5.74) is 0.560. The Morgan fingerprint density at radius 1 is 1.00 bits per heavy atom. The number of hydrogen-bond donors (Lipinski definition) is 0. The van der Waals surface area contributed by atoms with Crippen LogP contribution in [-0.4, -0.2) is 81.4 Å². The molecular weight excluding hydrogens is 468 g/mol. The molecule has 1 amide bonds. The molecule has 2 aliphatic heterocycles. The summed E-state index contributed by atoms with van der Waals surface area (Å²) in [7, 11) is -2.01.